The number of ether oxygens (including phenoxy) is 2. The third-order valence-corrected chi connectivity index (χ3v) is 4.31. The number of amides is 1. The normalized spacial score (nSPS) is 12.6. The van der Waals surface area contributed by atoms with Crippen molar-refractivity contribution in [2.45, 2.75) is 44.4 Å². The first-order chi connectivity index (χ1) is 11.2. The van der Waals surface area contributed by atoms with Crippen molar-refractivity contribution in [3.8, 4) is 5.75 Å². The SMILES string of the molecule is CCS(=O)(=O)c1cc(OCC(F)(F)F)cnc1NC(=O)OC(C)(C)C. The van der Waals surface area contributed by atoms with Gasteiger partial charge in [-0.1, -0.05) is 6.92 Å². The molecule has 0 unspecified atom stereocenters. The van der Waals surface area contributed by atoms with Gasteiger partial charge in [0.25, 0.3) is 0 Å². The highest BCUT2D eigenvalue weighted by Crippen LogP contribution is 2.27. The van der Waals surface area contributed by atoms with Crippen molar-refractivity contribution >= 4 is 21.7 Å². The van der Waals surface area contributed by atoms with E-state index in [2.05, 4.69) is 15.0 Å². The first-order valence-electron chi connectivity index (χ1n) is 7.16. The van der Waals surface area contributed by atoms with E-state index in [9.17, 15) is 26.4 Å². The summed E-state index contributed by atoms with van der Waals surface area (Å²) >= 11 is 0. The van der Waals surface area contributed by atoms with Gasteiger partial charge in [-0.25, -0.2) is 18.2 Å². The Kier molecular flexibility index (Phi) is 6.27. The number of halogens is 3. The first-order valence-corrected chi connectivity index (χ1v) is 8.81. The van der Waals surface area contributed by atoms with Crippen molar-refractivity contribution in [1.82, 2.24) is 4.98 Å². The summed E-state index contributed by atoms with van der Waals surface area (Å²) in [5.41, 5.74) is -0.830. The number of carbonyl (C=O) groups is 1. The largest absolute Gasteiger partial charge is 0.482 e. The molecule has 0 aromatic carbocycles. The van der Waals surface area contributed by atoms with Crippen LogP contribution in [0.25, 0.3) is 0 Å². The Morgan fingerprint density at radius 1 is 1.28 bits per heavy atom. The molecule has 1 amide bonds. The fourth-order valence-electron chi connectivity index (χ4n) is 1.56. The molecule has 1 aromatic rings. The molecule has 25 heavy (non-hydrogen) atoms. The Bertz CT molecular complexity index is 727. The quantitative estimate of drug-likeness (QED) is 0.838. The predicted molar refractivity (Wildman–Crippen MR) is 83.4 cm³/mol. The summed E-state index contributed by atoms with van der Waals surface area (Å²) in [6.45, 7) is 4.57. The first kappa shape index (κ1) is 21.0. The summed E-state index contributed by atoms with van der Waals surface area (Å²) in [7, 11) is -3.89. The van der Waals surface area contributed by atoms with Gasteiger partial charge in [-0.2, -0.15) is 13.2 Å². The van der Waals surface area contributed by atoms with Crippen LogP contribution in [0.4, 0.5) is 23.8 Å². The molecule has 142 valence electrons. The number of anilines is 1. The summed E-state index contributed by atoms with van der Waals surface area (Å²) in [4.78, 5) is 15.0. The van der Waals surface area contributed by atoms with Crippen LogP contribution in [0.1, 0.15) is 27.7 Å². The average Bonchev–Trinajstić information content (AvgIpc) is 2.43. The lowest BCUT2D eigenvalue weighted by Crippen LogP contribution is -2.28. The number of carbonyl (C=O) groups excluding carboxylic acids is 1. The van der Waals surface area contributed by atoms with Crippen LogP contribution in [0.5, 0.6) is 5.75 Å². The van der Waals surface area contributed by atoms with Gasteiger partial charge in [-0.3, -0.25) is 5.32 Å². The van der Waals surface area contributed by atoms with E-state index in [1.807, 2.05) is 0 Å². The second kappa shape index (κ2) is 7.46. The van der Waals surface area contributed by atoms with Gasteiger partial charge < -0.3 is 9.47 Å². The Labute approximate surface area is 143 Å². The number of aromatic nitrogens is 1. The van der Waals surface area contributed by atoms with Crippen molar-refractivity contribution in [2.24, 2.45) is 0 Å². The molecule has 1 aromatic heterocycles. The van der Waals surface area contributed by atoms with E-state index in [0.29, 0.717) is 0 Å². The Morgan fingerprint density at radius 3 is 2.36 bits per heavy atom. The molecule has 0 saturated carbocycles. The van der Waals surface area contributed by atoms with Crippen LogP contribution in [0.3, 0.4) is 0 Å². The van der Waals surface area contributed by atoms with Gasteiger partial charge in [0, 0.05) is 6.07 Å². The number of pyridine rings is 1. The van der Waals surface area contributed by atoms with Crippen molar-refractivity contribution in [1.29, 1.82) is 0 Å². The van der Waals surface area contributed by atoms with Crippen LogP contribution in [-0.4, -0.2) is 43.6 Å². The highest BCUT2D eigenvalue weighted by atomic mass is 32.2. The third-order valence-electron chi connectivity index (χ3n) is 2.56. The van der Waals surface area contributed by atoms with E-state index < -0.39 is 39.2 Å². The summed E-state index contributed by atoms with van der Waals surface area (Å²) < 4.78 is 70.4. The van der Waals surface area contributed by atoms with Crippen LogP contribution < -0.4 is 10.1 Å². The minimum Gasteiger partial charge on any atom is -0.482 e. The minimum atomic E-state index is -4.59. The lowest BCUT2D eigenvalue weighted by atomic mass is 10.2. The van der Waals surface area contributed by atoms with Gasteiger partial charge in [-0.15, -0.1) is 0 Å². The fraction of sp³-hybridized carbons (Fsp3) is 0.571. The zero-order chi connectivity index (χ0) is 19.5. The van der Waals surface area contributed by atoms with Crippen molar-refractivity contribution < 1.29 is 35.9 Å². The van der Waals surface area contributed by atoms with Crippen molar-refractivity contribution in [3.63, 3.8) is 0 Å². The Balaban J connectivity index is 3.14. The van der Waals surface area contributed by atoms with Crippen LogP contribution in [-0.2, 0) is 14.6 Å². The van der Waals surface area contributed by atoms with E-state index in [1.54, 1.807) is 20.8 Å². The van der Waals surface area contributed by atoms with Crippen molar-refractivity contribution in [3.05, 3.63) is 12.3 Å². The lowest BCUT2D eigenvalue weighted by Gasteiger charge is -2.20. The number of sulfone groups is 1. The maximum Gasteiger partial charge on any atom is 0.422 e. The maximum atomic E-state index is 12.2. The molecule has 0 fully saturated rings. The molecule has 0 atom stereocenters. The molecule has 0 aliphatic heterocycles. The Morgan fingerprint density at radius 2 is 1.88 bits per heavy atom. The molecule has 0 aliphatic rings. The zero-order valence-corrected chi connectivity index (χ0v) is 14.9. The standard InChI is InChI=1S/C14H19F3N2O5S/c1-5-25(21,22)10-6-9(23-8-14(15,16)17)7-18-11(10)19-12(20)24-13(2,3)4/h6-7H,5,8H2,1-4H3,(H,18,19,20). The van der Waals surface area contributed by atoms with Crippen LogP contribution in [0.2, 0.25) is 0 Å². The molecule has 0 aliphatic carbocycles. The number of nitrogens with zero attached hydrogens (tertiary/aromatic N) is 1. The van der Waals surface area contributed by atoms with Crippen LogP contribution in [0, 0.1) is 0 Å². The van der Waals surface area contributed by atoms with Gasteiger partial charge in [0.15, 0.2) is 22.3 Å². The topological polar surface area (TPSA) is 94.6 Å². The van der Waals surface area contributed by atoms with Gasteiger partial charge in [0.05, 0.1) is 11.9 Å². The molecule has 1 rings (SSSR count). The molecule has 7 nitrogen and oxygen atoms in total. The number of rotatable bonds is 5. The monoisotopic (exact) mass is 384 g/mol. The predicted octanol–water partition coefficient (Wildman–Crippen LogP) is 3.16. The number of hydrogen-bond donors (Lipinski definition) is 1. The van der Waals surface area contributed by atoms with Gasteiger partial charge in [0.1, 0.15) is 16.2 Å². The van der Waals surface area contributed by atoms with E-state index >= 15 is 0 Å². The summed E-state index contributed by atoms with van der Waals surface area (Å²) in [6.07, 6.45) is -4.65. The average molecular weight is 384 g/mol. The second-order valence-electron chi connectivity index (χ2n) is 5.95. The number of hydrogen-bond acceptors (Lipinski definition) is 6. The van der Waals surface area contributed by atoms with Gasteiger partial charge >= 0.3 is 12.3 Å². The molecular formula is C14H19F3N2O5S. The fourth-order valence-corrected chi connectivity index (χ4v) is 2.56. The maximum absolute atomic E-state index is 12.2. The van der Waals surface area contributed by atoms with Crippen LogP contribution in [0.15, 0.2) is 17.2 Å². The third kappa shape index (κ3) is 7.16. The van der Waals surface area contributed by atoms with E-state index in [0.717, 1.165) is 12.3 Å². The molecule has 1 N–H and O–H groups in total. The second-order valence-corrected chi connectivity index (χ2v) is 8.20. The number of alkyl halides is 3. The van der Waals surface area contributed by atoms with E-state index in [-0.39, 0.29) is 17.3 Å². The highest BCUT2D eigenvalue weighted by molar-refractivity contribution is 7.91. The van der Waals surface area contributed by atoms with Gasteiger partial charge in [0.2, 0.25) is 0 Å². The summed E-state index contributed by atoms with van der Waals surface area (Å²) in [5.74, 6) is -1.09. The molecule has 0 spiro atoms. The lowest BCUT2D eigenvalue weighted by molar-refractivity contribution is -0.153. The highest BCUT2D eigenvalue weighted by Gasteiger charge is 2.29. The number of nitrogens with one attached hydrogen (secondary N) is 1. The summed E-state index contributed by atoms with van der Waals surface area (Å²) in [6, 6.07) is 0.879. The molecule has 11 heteroatoms. The molecule has 0 saturated heterocycles. The minimum absolute atomic E-state index is 0.347. The molecule has 0 bridgehead atoms. The van der Waals surface area contributed by atoms with E-state index in [1.165, 1.54) is 6.92 Å². The molecular weight excluding hydrogens is 365 g/mol. The smallest absolute Gasteiger partial charge is 0.422 e. The van der Waals surface area contributed by atoms with Gasteiger partial charge in [-0.05, 0) is 20.8 Å². The molecule has 1 heterocycles. The summed E-state index contributed by atoms with van der Waals surface area (Å²) in [5, 5.41) is 2.18. The van der Waals surface area contributed by atoms with Crippen molar-refractivity contribution in [2.75, 3.05) is 17.7 Å². The Hall–Kier alpha value is -2.04. The molecule has 0 radical (unpaired) electrons. The zero-order valence-electron chi connectivity index (χ0n) is 14.1. The van der Waals surface area contributed by atoms with E-state index in [4.69, 9.17) is 4.74 Å². The van der Waals surface area contributed by atoms with Crippen LogP contribution >= 0.6 is 0 Å².